The molecule has 0 bridgehead atoms. The number of carbonyl (C=O) groups is 1. The van der Waals surface area contributed by atoms with Gasteiger partial charge in [-0.2, -0.15) is 0 Å². The van der Waals surface area contributed by atoms with E-state index in [0.717, 1.165) is 11.9 Å². The summed E-state index contributed by atoms with van der Waals surface area (Å²) in [5.74, 6) is -0.134. The Kier molecular flexibility index (Phi) is 5.33. The van der Waals surface area contributed by atoms with Crippen LogP contribution >= 0.6 is 0 Å². The number of para-hydroxylation sites is 1. The van der Waals surface area contributed by atoms with Crippen LogP contribution in [0.2, 0.25) is 0 Å². The van der Waals surface area contributed by atoms with E-state index in [1.54, 1.807) is 18.3 Å². The van der Waals surface area contributed by atoms with Crippen molar-refractivity contribution in [2.75, 3.05) is 6.54 Å². The molecule has 0 spiro atoms. The molecule has 0 saturated carbocycles. The third kappa shape index (κ3) is 4.11. The second-order valence-electron chi connectivity index (χ2n) is 6.11. The molecule has 4 rings (SSSR count). The number of hydrogen-bond donors (Lipinski definition) is 2. The molecule has 2 N–H and O–H groups in total. The Hall–Kier alpha value is -2.88. The van der Waals surface area contributed by atoms with Gasteiger partial charge in [0.25, 0.3) is 0 Å². The van der Waals surface area contributed by atoms with E-state index in [-0.39, 0.29) is 20.9 Å². The Morgan fingerprint density at radius 3 is 2.56 bits per heavy atom. The molecule has 0 fully saturated rings. The Balaban J connectivity index is 1.53. The van der Waals surface area contributed by atoms with Gasteiger partial charge < -0.3 is 0 Å². The predicted molar refractivity (Wildman–Crippen MR) is 110 cm³/mol. The van der Waals surface area contributed by atoms with Gasteiger partial charge in [0.15, 0.2) is 0 Å². The van der Waals surface area contributed by atoms with Gasteiger partial charge in [-0.1, -0.05) is 0 Å². The average Bonchev–Trinajstić information content (AvgIpc) is 3.06. The maximum absolute atomic E-state index is 12.2. The zero-order chi connectivity index (χ0) is 18.5. The second kappa shape index (κ2) is 8.21. The topological polar surface area (TPSA) is 57.8 Å². The Bertz CT molecular complexity index is 1050. The summed E-state index contributed by atoms with van der Waals surface area (Å²) in [5, 5.41) is 4.22. The van der Waals surface area contributed by atoms with E-state index in [0.29, 0.717) is 12.2 Å². The fraction of sp³-hybridized carbons (Fsp3) is 0.0909. The summed E-state index contributed by atoms with van der Waals surface area (Å²) in [6, 6.07) is 24.2. The molecular formula is C22H19N3OSe. The Morgan fingerprint density at radius 2 is 1.74 bits per heavy atom. The molecule has 0 aliphatic carbocycles. The van der Waals surface area contributed by atoms with Crippen molar-refractivity contribution in [2.24, 2.45) is 0 Å². The van der Waals surface area contributed by atoms with E-state index in [1.165, 1.54) is 20.0 Å². The van der Waals surface area contributed by atoms with Crippen LogP contribution in [0.3, 0.4) is 0 Å². The summed E-state index contributed by atoms with van der Waals surface area (Å²) >= 11 is 0.195. The van der Waals surface area contributed by atoms with Crippen LogP contribution in [0.1, 0.15) is 16.1 Å². The Labute approximate surface area is 164 Å². The molecule has 0 atom stereocenters. The molecule has 0 aliphatic rings. The number of H-pyrrole nitrogens is 1. The van der Waals surface area contributed by atoms with Crippen molar-refractivity contribution in [3.05, 3.63) is 90.3 Å². The van der Waals surface area contributed by atoms with Gasteiger partial charge in [-0.25, -0.2) is 0 Å². The number of carbonyl (C=O) groups excluding carboxylic acids is 1. The summed E-state index contributed by atoms with van der Waals surface area (Å²) in [6.45, 7) is 0.578. The number of rotatable bonds is 6. The minimum atomic E-state index is -0.134. The van der Waals surface area contributed by atoms with Gasteiger partial charge in [-0.15, -0.1) is 0 Å². The number of aromatic nitrogens is 2. The number of nitrogens with zero attached hydrogens (tertiary/aromatic N) is 1. The van der Waals surface area contributed by atoms with E-state index in [2.05, 4.69) is 57.7 Å². The number of aromatic amines is 1. The van der Waals surface area contributed by atoms with Crippen molar-refractivity contribution in [2.45, 2.75) is 6.42 Å². The van der Waals surface area contributed by atoms with Crippen molar-refractivity contribution in [3.8, 4) is 0 Å². The van der Waals surface area contributed by atoms with E-state index in [1.807, 2.05) is 18.2 Å². The summed E-state index contributed by atoms with van der Waals surface area (Å²) in [5.41, 5.74) is 2.89. The summed E-state index contributed by atoms with van der Waals surface area (Å²) in [6.07, 6.45) is 2.42. The van der Waals surface area contributed by atoms with E-state index in [4.69, 9.17) is 0 Å². The number of hydrogen-bond acceptors (Lipinski definition) is 2. The van der Waals surface area contributed by atoms with Crippen LogP contribution in [0.15, 0.2) is 79.0 Å². The molecule has 4 aromatic rings. The maximum atomic E-state index is 12.2. The van der Waals surface area contributed by atoms with Crippen molar-refractivity contribution < 1.29 is 4.79 Å². The van der Waals surface area contributed by atoms with Gasteiger partial charge in [0.05, 0.1) is 0 Å². The summed E-state index contributed by atoms with van der Waals surface area (Å²) < 4.78 is 2.59. The molecular weight excluding hydrogens is 401 g/mol. The van der Waals surface area contributed by atoms with Crippen LogP contribution in [0.25, 0.3) is 10.9 Å². The molecule has 0 saturated heterocycles. The first-order valence-electron chi connectivity index (χ1n) is 8.83. The molecule has 1 amide bonds. The van der Waals surface area contributed by atoms with Crippen LogP contribution in [0.4, 0.5) is 0 Å². The third-order valence-corrected chi connectivity index (χ3v) is 6.52. The predicted octanol–water partition coefficient (Wildman–Crippen LogP) is 2.19. The van der Waals surface area contributed by atoms with Crippen molar-refractivity contribution in [1.82, 2.24) is 15.3 Å². The number of benzene rings is 2. The van der Waals surface area contributed by atoms with Gasteiger partial charge in [0, 0.05) is 0 Å². The number of pyridine rings is 1. The van der Waals surface area contributed by atoms with Gasteiger partial charge in [-0.3, -0.25) is 0 Å². The average molecular weight is 420 g/mol. The van der Waals surface area contributed by atoms with Crippen LogP contribution < -0.4 is 14.4 Å². The first-order chi connectivity index (χ1) is 13.3. The fourth-order valence-electron chi connectivity index (χ4n) is 3.01. The second-order valence-corrected chi connectivity index (χ2v) is 8.39. The van der Waals surface area contributed by atoms with Gasteiger partial charge in [0.1, 0.15) is 0 Å². The normalized spacial score (nSPS) is 10.8. The summed E-state index contributed by atoms with van der Waals surface area (Å²) in [7, 11) is 0. The van der Waals surface area contributed by atoms with Gasteiger partial charge in [0.2, 0.25) is 0 Å². The molecule has 0 aliphatic heterocycles. The van der Waals surface area contributed by atoms with Crippen molar-refractivity contribution >= 4 is 40.8 Å². The molecule has 4 nitrogen and oxygen atoms in total. The summed E-state index contributed by atoms with van der Waals surface area (Å²) in [4.78, 5) is 19.9. The fourth-order valence-corrected chi connectivity index (χ4v) is 5.16. The van der Waals surface area contributed by atoms with Crippen molar-refractivity contribution in [3.63, 3.8) is 0 Å². The van der Waals surface area contributed by atoms with Crippen LogP contribution in [0.5, 0.6) is 0 Å². The van der Waals surface area contributed by atoms with Crippen LogP contribution in [0, 0.1) is 0 Å². The van der Waals surface area contributed by atoms with E-state index in [9.17, 15) is 4.79 Å². The number of nitrogens with one attached hydrogen (secondary N) is 2. The first-order valence-corrected chi connectivity index (χ1v) is 10.5. The molecule has 2 aromatic carbocycles. The minimum absolute atomic E-state index is 0.134. The van der Waals surface area contributed by atoms with Gasteiger partial charge in [-0.05, 0) is 0 Å². The standard InChI is InChI=1S/C22H19N3OSe/c26-21(20-12-6-7-14-23-20)24-15-13-18-17-10-4-5-11-19(17)25-22(18)27-16-8-2-1-3-9-16/h1-12,14,25H,13,15H2,(H,24,26). The van der Waals surface area contributed by atoms with Crippen LogP contribution in [-0.4, -0.2) is 37.4 Å². The number of fused-ring (bicyclic) bond motifs is 1. The zero-order valence-corrected chi connectivity index (χ0v) is 16.4. The van der Waals surface area contributed by atoms with Gasteiger partial charge >= 0.3 is 164 Å². The zero-order valence-electron chi connectivity index (χ0n) is 14.7. The molecule has 2 aromatic heterocycles. The quantitative estimate of drug-likeness (QED) is 0.470. The molecule has 5 heteroatoms. The first kappa shape index (κ1) is 17.5. The molecule has 134 valence electrons. The monoisotopic (exact) mass is 421 g/mol. The molecule has 0 radical (unpaired) electrons. The van der Waals surface area contributed by atoms with E-state index >= 15 is 0 Å². The molecule has 2 heterocycles. The number of amides is 1. The van der Waals surface area contributed by atoms with Crippen molar-refractivity contribution in [1.29, 1.82) is 0 Å². The third-order valence-electron chi connectivity index (χ3n) is 4.30. The van der Waals surface area contributed by atoms with Crippen LogP contribution in [-0.2, 0) is 6.42 Å². The SMILES string of the molecule is O=C(NCCc1c([Se]c2ccccc2)[nH]c2ccccc12)c1ccccn1. The molecule has 0 unspecified atom stereocenters. The molecule has 27 heavy (non-hydrogen) atoms. The Morgan fingerprint density at radius 1 is 0.963 bits per heavy atom. The van der Waals surface area contributed by atoms with E-state index < -0.39 is 0 Å².